The highest BCUT2D eigenvalue weighted by Crippen LogP contribution is 2.50. The minimum atomic E-state index is -4.23. The van der Waals surface area contributed by atoms with Gasteiger partial charge in [-0.1, -0.05) is 30.3 Å². The first-order chi connectivity index (χ1) is 9.51. The predicted molar refractivity (Wildman–Crippen MR) is 71.6 cm³/mol. The van der Waals surface area contributed by atoms with Crippen molar-refractivity contribution in [3.63, 3.8) is 0 Å². The maximum Gasteiger partial charge on any atom is 0.411 e. The van der Waals surface area contributed by atoms with E-state index in [1.807, 2.05) is 25.2 Å². The van der Waals surface area contributed by atoms with Crippen LogP contribution in [0.1, 0.15) is 24.3 Å². The second-order valence-corrected chi connectivity index (χ2v) is 5.27. The fourth-order valence-electron chi connectivity index (χ4n) is 2.71. The molecule has 1 fully saturated rings. The number of rotatable bonds is 7. The fraction of sp³-hybridized carbons (Fsp3) is 0.600. The average Bonchev–Trinajstić information content (AvgIpc) is 3.19. The van der Waals surface area contributed by atoms with Crippen molar-refractivity contribution >= 4 is 0 Å². The molecule has 2 rings (SSSR count). The first-order valence-electron chi connectivity index (χ1n) is 6.88. The molecule has 2 nitrogen and oxygen atoms in total. The molecule has 1 N–H and O–H groups in total. The van der Waals surface area contributed by atoms with Gasteiger partial charge in [0.15, 0.2) is 0 Å². The quantitative estimate of drug-likeness (QED) is 0.777. The number of nitrogens with one attached hydrogen (secondary N) is 1. The van der Waals surface area contributed by atoms with Gasteiger partial charge >= 0.3 is 6.18 Å². The van der Waals surface area contributed by atoms with Crippen LogP contribution in [0.15, 0.2) is 30.3 Å². The van der Waals surface area contributed by atoms with Crippen LogP contribution >= 0.6 is 0 Å². The summed E-state index contributed by atoms with van der Waals surface area (Å²) in [5.41, 5.74) is 1.31. The molecular formula is C15H20F3NO. The van der Waals surface area contributed by atoms with Crippen LogP contribution in [0, 0.1) is 5.92 Å². The lowest BCUT2D eigenvalue weighted by atomic mass is 10.0. The van der Waals surface area contributed by atoms with Crippen molar-refractivity contribution in [2.75, 3.05) is 20.3 Å². The van der Waals surface area contributed by atoms with Gasteiger partial charge in [-0.2, -0.15) is 13.2 Å². The van der Waals surface area contributed by atoms with Crippen LogP contribution < -0.4 is 5.32 Å². The summed E-state index contributed by atoms with van der Waals surface area (Å²) in [5.74, 6) is 1.02. The Morgan fingerprint density at radius 1 is 1.30 bits per heavy atom. The van der Waals surface area contributed by atoms with Gasteiger partial charge in [0.25, 0.3) is 0 Å². The number of hydrogen-bond donors (Lipinski definition) is 1. The van der Waals surface area contributed by atoms with Gasteiger partial charge in [-0.15, -0.1) is 0 Å². The van der Waals surface area contributed by atoms with E-state index in [1.54, 1.807) is 0 Å². The second kappa shape index (κ2) is 6.59. The van der Waals surface area contributed by atoms with Crippen LogP contribution in [0.2, 0.25) is 0 Å². The van der Waals surface area contributed by atoms with Crippen molar-refractivity contribution in [1.29, 1.82) is 0 Å². The van der Waals surface area contributed by atoms with Crippen LogP contribution in [0.3, 0.4) is 0 Å². The number of hydrogen-bond acceptors (Lipinski definition) is 2. The zero-order chi connectivity index (χ0) is 14.6. The van der Waals surface area contributed by atoms with E-state index < -0.39 is 12.8 Å². The zero-order valence-corrected chi connectivity index (χ0v) is 11.5. The number of ether oxygens (including phenoxy) is 1. The Bertz CT molecular complexity index is 407. The molecule has 1 aliphatic carbocycles. The van der Waals surface area contributed by atoms with E-state index in [0.717, 1.165) is 6.42 Å². The van der Waals surface area contributed by atoms with E-state index in [9.17, 15) is 13.2 Å². The zero-order valence-electron chi connectivity index (χ0n) is 11.5. The maximum absolute atomic E-state index is 12.0. The SMILES string of the molecule is CNC(CCOCC(F)(F)F)C1CC1c1ccccc1. The summed E-state index contributed by atoms with van der Waals surface area (Å²) in [6.45, 7) is -1.01. The minimum absolute atomic E-state index is 0.142. The Labute approximate surface area is 117 Å². The summed E-state index contributed by atoms with van der Waals surface area (Å²) in [7, 11) is 1.86. The molecule has 20 heavy (non-hydrogen) atoms. The smallest absolute Gasteiger partial charge is 0.372 e. The number of halogens is 3. The molecular weight excluding hydrogens is 267 g/mol. The average molecular weight is 287 g/mol. The van der Waals surface area contributed by atoms with Gasteiger partial charge < -0.3 is 10.1 Å². The Kier molecular flexibility index (Phi) is 5.05. The van der Waals surface area contributed by atoms with Crippen LogP contribution in [0.25, 0.3) is 0 Å². The van der Waals surface area contributed by atoms with Crippen molar-refractivity contribution in [3.05, 3.63) is 35.9 Å². The molecule has 0 saturated heterocycles. The topological polar surface area (TPSA) is 21.3 Å². The Balaban J connectivity index is 1.74. The van der Waals surface area contributed by atoms with E-state index in [2.05, 4.69) is 22.2 Å². The van der Waals surface area contributed by atoms with E-state index >= 15 is 0 Å². The predicted octanol–water partition coefficient (Wildman–Crippen LogP) is 3.35. The summed E-state index contributed by atoms with van der Waals surface area (Å²) in [5, 5.41) is 3.20. The lowest BCUT2D eigenvalue weighted by Gasteiger charge is -2.17. The molecule has 0 radical (unpaired) electrons. The molecule has 1 aliphatic rings. The molecule has 0 bridgehead atoms. The molecule has 0 aromatic heterocycles. The van der Waals surface area contributed by atoms with E-state index in [0.29, 0.717) is 18.3 Å². The lowest BCUT2D eigenvalue weighted by Crippen LogP contribution is -2.30. The van der Waals surface area contributed by atoms with E-state index in [4.69, 9.17) is 0 Å². The van der Waals surface area contributed by atoms with Gasteiger partial charge in [-0.25, -0.2) is 0 Å². The van der Waals surface area contributed by atoms with Gasteiger partial charge in [0, 0.05) is 12.6 Å². The first kappa shape index (κ1) is 15.3. The van der Waals surface area contributed by atoms with Gasteiger partial charge in [-0.3, -0.25) is 0 Å². The Morgan fingerprint density at radius 3 is 2.60 bits per heavy atom. The largest absolute Gasteiger partial charge is 0.411 e. The highest BCUT2D eigenvalue weighted by atomic mass is 19.4. The van der Waals surface area contributed by atoms with Gasteiger partial charge in [-0.05, 0) is 37.3 Å². The summed E-state index contributed by atoms with van der Waals surface area (Å²) in [4.78, 5) is 0. The molecule has 0 amide bonds. The summed E-state index contributed by atoms with van der Waals surface area (Å²) in [6, 6.07) is 10.5. The highest BCUT2D eigenvalue weighted by molar-refractivity contribution is 5.26. The molecule has 1 saturated carbocycles. The second-order valence-electron chi connectivity index (χ2n) is 5.27. The standard InChI is InChI=1S/C15H20F3NO/c1-19-14(7-8-20-10-15(16,17)18)13-9-12(13)11-5-3-2-4-6-11/h2-6,12-14,19H,7-10H2,1H3. The molecule has 0 spiro atoms. The van der Waals surface area contributed by atoms with Crippen LogP contribution in [-0.4, -0.2) is 32.5 Å². The van der Waals surface area contributed by atoms with Crippen LogP contribution in [-0.2, 0) is 4.74 Å². The fourth-order valence-corrected chi connectivity index (χ4v) is 2.71. The van der Waals surface area contributed by atoms with Gasteiger partial charge in [0.2, 0.25) is 0 Å². The van der Waals surface area contributed by atoms with Crippen molar-refractivity contribution in [2.45, 2.75) is 31.0 Å². The molecule has 5 heteroatoms. The molecule has 0 heterocycles. The van der Waals surface area contributed by atoms with E-state index in [1.165, 1.54) is 5.56 Å². The normalized spacial score (nSPS) is 23.6. The molecule has 112 valence electrons. The van der Waals surface area contributed by atoms with Crippen molar-refractivity contribution < 1.29 is 17.9 Å². The molecule has 0 aliphatic heterocycles. The molecule has 3 unspecified atom stereocenters. The van der Waals surface area contributed by atoms with Crippen molar-refractivity contribution in [3.8, 4) is 0 Å². The molecule has 1 aromatic carbocycles. The Morgan fingerprint density at radius 2 is 2.00 bits per heavy atom. The van der Waals surface area contributed by atoms with Crippen LogP contribution in [0.5, 0.6) is 0 Å². The summed E-state index contributed by atoms with van der Waals surface area (Å²) >= 11 is 0. The number of alkyl halides is 3. The first-order valence-corrected chi connectivity index (χ1v) is 6.88. The third kappa shape index (κ3) is 4.49. The van der Waals surface area contributed by atoms with Crippen molar-refractivity contribution in [2.24, 2.45) is 5.92 Å². The van der Waals surface area contributed by atoms with E-state index in [-0.39, 0.29) is 12.6 Å². The Hall–Kier alpha value is -1.07. The molecule has 3 atom stereocenters. The maximum atomic E-state index is 12.0. The molecule has 1 aromatic rings. The summed E-state index contributed by atoms with van der Waals surface area (Å²) in [6.07, 6.45) is -2.53. The highest BCUT2D eigenvalue weighted by Gasteiger charge is 2.42. The number of benzene rings is 1. The monoisotopic (exact) mass is 287 g/mol. The third-order valence-corrected chi connectivity index (χ3v) is 3.79. The third-order valence-electron chi connectivity index (χ3n) is 3.79. The van der Waals surface area contributed by atoms with Gasteiger partial charge in [0.1, 0.15) is 6.61 Å². The minimum Gasteiger partial charge on any atom is -0.372 e. The van der Waals surface area contributed by atoms with Crippen LogP contribution in [0.4, 0.5) is 13.2 Å². The lowest BCUT2D eigenvalue weighted by molar-refractivity contribution is -0.174. The van der Waals surface area contributed by atoms with Crippen molar-refractivity contribution in [1.82, 2.24) is 5.32 Å². The van der Waals surface area contributed by atoms with Gasteiger partial charge in [0.05, 0.1) is 0 Å². The summed E-state index contributed by atoms with van der Waals surface area (Å²) < 4.78 is 40.6.